The van der Waals surface area contributed by atoms with E-state index in [1.807, 2.05) is 69.2 Å². The van der Waals surface area contributed by atoms with Crippen LogP contribution in [0.5, 0.6) is 11.5 Å². The lowest BCUT2D eigenvalue weighted by molar-refractivity contribution is -0.118. The second-order valence-corrected chi connectivity index (χ2v) is 8.34. The maximum atomic E-state index is 12.4. The summed E-state index contributed by atoms with van der Waals surface area (Å²) in [5.74, 6) is 0.473. The number of hydrazine groups is 1. The topological polar surface area (TPSA) is 91.9 Å². The average molecular weight is 477 g/mol. The highest BCUT2D eigenvalue weighted by Gasteiger charge is 2.12. The zero-order valence-electron chi connectivity index (χ0n) is 20.8. The van der Waals surface area contributed by atoms with Crippen molar-refractivity contribution in [3.05, 3.63) is 82.9 Å². The Morgan fingerprint density at radius 1 is 0.914 bits per heavy atom. The molecule has 0 atom stereocenters. The quantitative estimate of drug-likeness (QED) is 0.385. The van der Waals surface area contributed by atoms with E-state index in [9.17, 15) is 9.59 Å². The van der Waals surface area contributed by atoms with Crippen molar-refractivity contribution in [2.24, 2.45) is 0 Å². The number of carbonyl (C=O) groups is 2. The van der Waals surface area contributed by atoms with Crippen LogP contribution in [0.4, 0.5) is 11.4 Å². The van der Waals surface area contributed by atoms with Crippen molar-refractivity contribution < 1.29 is 19.1 Å². The molecule has 0 aromatic heterocycles. The van der Waals surface area contributed by atoms with Crippen LogP contribution in [0.15, 0.2) is 60.7 Å². The lowest BCUT2D eigenvalue weighted by atomic mass is 10.1. The molecule has 0 unspecified atom stereocenters. The first kappa shape index (κ1) is 25.6. The lowest BCUT2D eigenvalue weighted by Crippen LogP contribution is -2.36. The van der Waals surface area contributed by atoms with E-state index < -0.39 is 0 Å². The average Bonchev–Trinajstić information content (AvgIpc) is 2.85. The van der Waals surface area contributed by atoms with Crippen LogP contribution in [0.3, 0.4) is 0 Å². The van der Waals surface area contributed by atoms with Gasteiger partial charge in [-0.1, -0.05) is 24.3 Å². The second-order valence-electron chi connectivity index (χ2n) is 8.34. The summed E-state index contributed by atoms with van der Waals surface area (Å²) in [6, 6.07) is 18.6. The number of hydrogen-bond acceptors (Lipinski definition) is 6. The number of amides is 2. The van der Waals surface area contributed by atoms with E-state index in [-0.39, 0.29) is 18.4 Å². The maximum Gasteiger partial charge on any atom is 0.265 e. The fourth-order valence-corrected chi connectivity index (χ4v) is 3.48. The maximum absolute atomic E-state index is 12.4. The fourth-order valence-electron chi connectivity index (χ4n) is 3.48. The van der Waals surface area contributed by atoms with E-state index in [0.717, 1.165) is 28.1 Å². The summed E-state index contributed by atoms with van der Waals surface area (Å²) in [6.45, 7) is 4.13. The van der Waals surface area contributed by atoms with Gasteiger partial charge in [-0.3, -0.25) is 15.0 Å². The Balaban J connectivity index is 1.52. The van der Waals surface area contributed by atoms with Crippen molar-refractivity contribution in [1.29, 1.82) is 0 Å². The molecule has 3 aromatic carbocycles. The van der Waals surface area contributed by atoms with E-state index in [1.54, 1.807) is 24.3 Å². The summed E-state index contributed by atoms with van der Waals surface area (Å²) in [6.07, 6.45) is 0. The number of ether oxygens (including phenoxy) is 2. The summed E-state index contributed by atoms with van der Waals surface area (Å²) < 4.78 is 11.1. The predicted molar refractivity (Wildman–Crippen MR) is 138 cm³/mol. The molecular formula is C27H32N4O4. The van der Waals surface area contributed by atoms with Gasteiger partial charge in [-0.2, -0.15) is 0 Å². The van der Waals surface area contributed by atoms with Crippen LogP contribution < -0.4 is 30.5 Å². The predicted octanol–water partition coefficient (Wildman–Crippen LogP) is 3.83. The first-order chi connectivity index (χ1) is 16.8. The molecule has 0 aliphatic heterocycles. The normalized spacial score (nSPS) is 10.4. The minimum atomic E-state index is -0.253. The molecule has 2 amide bonds. The molecule has 0 saturated carbocycles. The summed E-state index contributed by atoms with van der Waals surface area (Å²) >= 11 is 0. The van der Waals surface area contributed by atoms with E-state index in [1.165, 1.54) is 7.11 Å². The van der Waals surface area contributed by atoms with Crippen molar-refractivity contribution in [3.63, 3.8) is 0 Å². The Hall–Kier alpha value is -4.04. The van der Waals surface area contributed by atoms with Crippen LogP contribution in [0.25, 0.3) is 0 Å². The molecule has 0 aliphatic rings. The number of nitrogens with zero attached hydrogens (tertiary/aromatic N) is 1. The van der Waals surface area contributed by atoms with E-state index in [4.69, 9.17) is 9.47 Å². The van der Waals surface area contributed by atoms with Gasteiger partial charge >= 0.3 is 0 Å². The monoisotopic (exact) mass is 476 g/mol. The molecule has 3 rings (SSSR count). The smallest absolute Gasteiger partial charge is 0.265 e. The van der Waals surface area contributed by atoms with Gasteiger partial charge in [0.25, 0.3) is 11.8 Å². The van der Waals surface area contributed by atoms with Crippen molar-refractivity contribution in [3.8, 4) is 11.5 Å². The Morgan fingerprint density at radius 3 is 2.23 bits per heavy atom. The molecule has 0 bridgehead atoms. The van der Waals surface area contributed by atoms with Crippen LogP contribution in [0, 0.1) is 13.8 Å². The van der Waals surface area contributed by atoms with Crippen molar-refractivity contribution >= 4 is 23.2 Å². The van der Waals surface area contributed by atoms with Crippen LogP contribution in [-0.4, -0.2) is 39.6 Å². The number of aryl methyl sites for hydroxylation is 2. The molecule has 0 fully saturated rings. The molecule has 0 saturated heterocycles. The number of para-hydroxylation sites is 1. The molecule has 0 radical (unpaired) electrons. The molecule has 8 nitrogen and oxygen atoms in total. The van der Waals surface area contributed by atoms with E-state index in [2.05, 4.69) is 16.2 Å². The highest BCUT2D eigenvalue weighted by Crippen LogP contribution is 2.28. The fraction of sp³-hybridized carbons (Fsp3) is 0.259. The van der Waals surface area contributed by atoms with Crippen LogP contribution in [0.1, 0.15) is 27.0 Å². The third-order valence-electron chi connectivity index (χ3n) is 5.47. The largest absolute Gasteiger partial charge is 0.493 e. The Morgan fingerprint density at radius 2 is 1.60 bits per heavy atom. The second kappa shape index (κ2) is 11.9. The molecule has 0 aliphatic carbocycles. The summed E-state index contributed by atoms with van der Waals surface area (Å²) in [7, 11) is 5.43. The van der Waals surface area contributed by atoms with Gasteiger partial charge in [0.15, 0.2) is 18.1 Å². The van der Waals surface area contributed by atoms with Gasteiger partial charge in [0.2, 0.25) is 0 Å². The van der Waals surface area contributed by atoms with Gasteiger partial charge < -0.3 is 19.7 Å². The highest BCUT2D eigenvalue weighted by molar-refractivity contribution is 5.94. The molecule has 3 aromatic rings. The molecular weight excluding hydrogens is 444 g/mol. The van der Waals surface area contributed by atoms with Crippen molar-refractivity contribution in [1.82, 2.24) is 10.9 Å². The summed E-state index contributed by atoms with van der Waals surface area (Å²) in [4.78, 5) is 26.7. The van der Waals surface area contributed by atoms with Crippen LogP contribution in [-0.2, 0) is 11.3 Å². The molecule has 0 heterocycles. The van der Waals surface area contributed by atoms with Gasteiger partial charge in [0.1, 0.15) is 0 Å². The molecule has 3 N–H and O–H groups in total. The SMILES string of the molecule is COc1cc(CNNC(=O)c2ccc(N(C)C)cc2)ccc1OCC(=O)Nc1c(C)cccc1C. The van der Waals surface area contributed by atoms with Crippen molar-refractivity contribution in [2.75, 3.05) is 38.0 Å². The lowest BCUT2D eigenvalue weighted by Gasteiger charge is -2.15. The number of benzene rings is 3. The minimum absolute atomic E-state index is 0.148. The standard InChI is InChI=1S/C27H32N4O4/c1-18-7-6-8-19(2)26(18)29-25(32)17-35-23-14-9-20(15-24(23)34-5)16-28-30-27(33)21-10-12-22(13-11-21)31(3)4/h6-15,28H,16-17H2,1-5H3,(H,29,32)(H,30,33). The van der Waals surface area contributed by atoms with Gasteiger partial charge in [-0.05, 0) is 66.9 Å². The first-order valence-electron chi connectivity index (χ1n) is 11.2. The van der Waals surface area contributed by atoms with E-state index in [0.29, 0.717) is 23.6 Å². The van der Waals surface area contributed by atoms with Gasteiger partial charge in [0.05, 0.1) is 7.11 Å². The summed E-state index contributed by atoms with van der Waals surface area (Å²) in [5.41, 5.74) is 10.8. The summed E-state index contributed by atoms with van der Waals surface area (Å²) in [5, 5.41) is 2.90. The number of carbonyl (C=O) groups excluding carboxylic acids is 2. The van der Waals surface area contributed by atoms with Gasteiger partial charge in [-0.25, -0.2) is 5.43 Å². The molecule has 0 spiro atoms. The van der Waals surface area contributed by atoms with Gasteiger partial charge in [0, 0.05) is 37.6 Å². The number of hydrogen-bond donors (Lipinski definition) is 3. The Labute approximate surface area is 206 Å². The third-order valence-corrected chi connectivity index (χ3v) is 5.47. The number of nitrogens with one attached hydrogen (secondary N) is 3. The van der Waals surface area contributed by atoms with Gasteiger partial charge in [-0.15, -0.1) is 0 Å². The zero-order valence-corrected chi connectivity index (χ0v) is 20.8. The minimum Gasteiger partial charge on any atom is -0.493 e. The Bertz CT molecular complexity index is 1160. The van der Waals surface area contributed by atoms with Crippen molar-refractivity contribution in [2.45, 2.75) is 20.4 Å². The Kier molecular flexibility index (Phi) is 8.69. The van der Waals surface area contributed by atoms with E-state index >= 15 is 0 Å². The molecule has 35 heavy (non-hydrogen) atoms. The third kappa shape index (κ3) is 6.97. The van der Waals surface area contributed by atoms with Crippen LogP contribution in [0.2, 0.25) is 0 Å². The highest BCUT2D eigenvalue weighted by atomic mass is 16.5. The molecule has 8 heteroatoms. The molecule has 184 valence electrons. The number of anilines is 2. The zero-order chi connectivity index (χ0) is 25.4. The number of methoxy groups -OCH3 is 1. The number of rotatable bonds is 10. The van der Waals surface area contributed by atoms with Crippen LogP contribution >= 0.6 is 0 Å². The first-order valence-corrected chi connectivity index (χ1v) is 11.2.